The number of aliphatic imine (C=N–C) groups is 1. The molecule has 0 spiro atoms. The summed E-state index contributed by atoms with van der Waals surface area (Å²) in [4.78, 5) is 6.72. The number of anilines is 1. The summed E-state index contributed by atoms with van der Waals surface area (Å²) in [5.74, 6) is 1.24. The summed E-state index contributed by atoms with van der Waals surface area (Å²) in [5.41, 5.74) is 2.63. The van der Waals surface area contributed by atoms with Gasteiger partial charge in [0.2, 0.25) is 0 Å². The predicted molar refractivity (Wildman–Crippen MR) is 79.1 cm³/mol. The van der Waals surface area contributed by atoms with E-state index in [1.807, 2.05) is 6.92 Å². The first-order valence-corrected chi connectivity index (χ1v) is 7.23. The standard InChI is InChI=1S/C16H17F3N2O/c1-10-9-13(22-16(17,18)19)5-6-14(10)21-8-7-12-4-3-11(2)20-15(12)21/h3,5-6,9,12H,4,7-8H2,1-2H3. The van der Waals surface area contributed by atoms with E-state index in [9.17, 15) is 13.2 Å². The van der Waals surface area contributed by atoms with Crippen molar-refractivity contribution in [3.63, 3.8) is 0 Å². The second-order valence-corrected chi connectivity index (χ2v) is 5.68. The molecule has 1 aromatic rings. The van der Waals surface area contributed by atoms with Gasteiger partial charge in [-0.05, 0) is 50.5 Å². The average molecular weight is 310 g/mol. The van der Waals surface area contributed by atoms with E-state index in [4.69, 9.17) is 0 Å². The highest BCUT2D eigenvalue weighted by molar-refractivity contribution is 6.03. The summed E-state index contributed by atoms with van der Waals surface area (Å²) in [6.07, 6.45) is -0.537. The van der Waals surface area contributed by atoms with Crippen LogP contribution in [0.4, 0.5) is 18.9 Å². The second kappa shape index (κ2) is 5.34. The van der Waals surface area contributed by atoms with Crippen LogP contribution in [0.5, 0.6) is 5.75 Å². The van der Waals surface area contributed by atoms with Crippen molar-refractivity contribution < 1.29 is 17.9 Å². The molecule has 0 radical (unpaired) electrons. The van der Waals surface area contributed by atoms with Crippen LogP contribution in [0.25, 0.3) is 0 Å². The maximum atomic E-state index is 12.3. The molecular formula is C16H17F3N2O. The van der Waals surface area contributed by atoms with Gasteiger partial charge in [-0.25, -0.2) is 4.99 Å². The van der Waals surface area contributed by atoms with E-state index in [0.29, 0.717) is 5.92 Å². The van der Waals surface area contributed by atoms with Gasteiger partial charge in [0.15, 0.2) is 0 Å². The molecule has 0 bridgehead atoms. The minimum absolute atomic E-state index is 0.189. The number of fused-ring (bicyclic) bond motifs is 1. The third kappa shape index (κ3) is 2.96. The number of amidine groups is 1. The lowest BCUT2D eigenvalue weighted by Crippen LogP contribution is -2.29. The quantitative estimate of drug-likeness (QED) is 0.807. The lowest BCUT2D eigenvalue weighted by molar-refractivity contribution is -0.274. The fourth-order valence-electron chi connectivity index (χ4n) is 3.03. The van der Waals surface area contributed by atoms with Crippen LogP contribution in [0.1, 0.15) is 25.3 Å². The Morgan fingerprint density at radius 3 is 2.73 bits per heavy atom. The van der Waals surface area contributed by atoms with Crippen LogP contribution >= 0.6 is 0 Å². The Morgan fingerprint density at radius 2 is 2.05 bits per heavy atom. The van der Waals surface area contributed by atoms with Gasteiger partial charge in [0.25, 0.3) is 0 Å². The lowest BCUT2D eigenvalue weighted by Gasteiger charge is -2.25. The molecule has 118 valence electrons. The zero-order chi connectivity index (χ0) is 15.9. The lowest BCUT2D eigenvalue weighted by atomic mass is 10.0. The first kappa shape index (κ1) is 14.9. The van der Waals surface area contributed by atoms with Gasteiger partial charge in [-0.1, -0.05) is 6.08 Å². The normalized spacial score (nSPS) is 21.3. The molecular weight excluding hydrogens is 293 g/mol. The van der Waals surface area contributed by atoms with Crippen molar-refractivity contribution in [2.24, 2.45) is 10.9 Å². The van der Waals surface area contributed by atoms with E-state index >= 15 is 0 Å². The number of alkyl halides is 3. The van der Waals surface area contributed by atoms with Crippen LogP contribution in [-0.2, 0) is 0 Å². The smallest absolute Gasteiger partial charge is 0.406 e. The highest BCUT2D eigenvalue weighted by Gasteiger charge is 2.33. The molecule has 1 unspecified atom stereocenters. The van der Waals surface area contributed by atoms with Gasteiger partial charge in [0.1, 0.15) is 11.6 Å². The van der Waals surface area contributed by atoms with Crippen LogP contribution in [0, 0.1) is 12.8 Å². The molecule has 3 nitrogen and oxygen atoms in total. The number of benzene rings is 1. The number of halogens is 3. The Morgan fingerprint density at radius 1 is 1.27 bits per heavy atom. The molecule has 2 aliphatic heterocycles. The molecule has 1 saturated heterocycles. The van der Waals surface area contributed by atoms with E-state index < -0.39 is 6.36 Å². The molecule has 22 heavy (non-hydrogen) atoms. The van der Waals surface area contributed by atoms with Crippen molar-refractivity contribution >= 4 is 11.5 Å². The Bertz CT molecular complexity index is 649. The second-order valence-electron chi connectivity index (χ2n) is 5.68. The van der Waals surface area contributed by atoms with E-state index in [-0.39, 0.29) is 5.75 Å². The number of allylic oxidation sites excluding steroid dienone is 2. The molecule has 0 aliphatic carbocycles. The zero-order valence-electron chi connectivity index (χ0n) is 12.4. The minimum Gasteiger partial charge on any atom is -0.406 e. The predicted octanol–water partition coefficient (Wildman–Crippen LogP) is 4.43. The van der Waals surface area contributed by atoms with Gasteiger partial charge in [0.05, 0.1) is 0 Å². The molecule has 0 aromatic heterocycles. The number of aryl methyl sites for hydroxylation is 1. The summed E-state index contributed by atoms with van der Waals surface area (Å²) >= 11 is 0. The monoisotopic (exact) mass is 310 g/mol. The fourth-order valence-corrected chi connectivity index (χ4v) is 3.03. The van der Waals surface area contributed by atoms with Crippen LogP contribution in [0.15, 0.2) is 35.0 Å². The van der Waals surface area contributed by atoms with Gasteiger partial charge in [-0.3, -0.25) is 0 Å². The van der Waals surface area contributed by atoms with Gasteiger partial charge in [-0.15, -0.1) is 13.2 Å². The van der Waals surface area contributed by atoms with Crippen molar-refractivity contribution in [3.8, 4) is 5.75 Å². The Hall–Kier alpha value is -1.98. The van der Waals surface area contributed by atoms with Crippen LogP contribution in [-0.4, -0.2) is 18.7 Å². The van der Waals surface area contributed by atoms with Gasteiger partial charge in [-0.2, -0.15) is 0 Å². The molecule has 0 saturated carbocycles. The molecule has 1 atom stereocenters. The van der Waals surface area contributed by atoms with Gasteiger partial charge >= 0.3 is 6.36 Å². The first-order chi connectivity index (χ1) is 10.3. The summed E-state index contributed by atoms with van der Waals surface area (Å²) in [5, 5.41) is 0. The topological polar surface area (TPSA) is 24.8 Å². The maximum absolute atomic E-state index is 12.3. The number of hydrogen-bond donors (Lipinski definition) is 0. The van der Waals surface area contributed by atoms with Gasteiger partial charge in [0, 0.05) is 23.8 Å². The molecule has 2 aliphatic rings. The Kier molecular flexibility index (Phi) is 3.62. The SMILES string of the molecule is CC1=CCC2CCN(c3ccc(OC(F)(F)F)cc3C)C2=N1. The molecule has 2 heterocycles. The van der Waals surface area contributed by atoms with E-state index in [2.05, 4.69) is 20.7 Å². The molecule has 6 heteroatoms. The summed E-state index contributed by atoms with van der Waals surface area (Å²) in [7, 11) is 0. The first-order valence-electron chi connectivity index (χ1n) is 7.23. The molecule has 1 fully saturated rings. The van der Waals surface area contributed by atoms with Gasteiger partial charge < -0.3 is 9.64 Å². The number of hydrogen-bond acceptors (Lipinski definition) is 3. The third-order valence-electron chi connectivity index (χ3n) is 4.02. The molecule has 0 amide bonds. The third-order valence-corrected chi connectivity index (χ3v) is 4.02. The van der Waals surface area contributed by atoms with E-state index in [1.54, 1.807) is 13.0 Å². The highest BCUT2D eigenvalue weighted by atomic mass is 19.4. The number of rotatable bonds is 2. The molecule has 3 rings (SSSR count). The summed E-state index contributed by atoms with van der Waals surface area (Å²) in [6, 6.07) is 4.45. The van der Waals surface area contributed by atoms with Crippen LogP contribution < -0.4 is 9.64 Å². The number of ether oxygens (including phenoxy) is 1. The maximum Gasteiger partial charge on any atom is 0.573 e. The van der Waals surface area contributed by atoms with Crippen LogP contribution in [0.2, 0.25) is 0 Å². The highest BCUT2D eigenvalue weighted by Crippen LogP contribution is 2.35. The molecule has 0 N–H and O–H groups in total. The van der Waals surface area contributed by atoms with Crippen molar-refractivity contribution in [2.45, 2.75) is 33.1 Å². The largest absolute Gasteiger partial charge is 0.573 e. The van der Waals surface area contributed by atoms with E-state index in [0.717, 1.165) is 42.2 Å². The minimum atomic E-state index is -4.66. The van der Waals surface area contributed by atoms with Crippen molar-refractivity contribution in [1.29, 1.82) is 0 Å². The Labute approximate surface area is 127 Å². The van der Waals surface area contributed by atoms with Crippen molar-refractivity contribution in [3.05, 3.63) is 35.5 Å². The number of nitrogens with zero attached hydrogens (tertiary/aromatic N) is 2. The van der Waals surface area contributed by atoms with Crippen LogP contribution in [0.3, 0.4) is 0 Å². The summed E-state index contributed by atoms with van der Waals surface area (Å²) < 4.78 is 40.8. The van der Waals surface area contributed by atoms with Crippen molar-refractivity contribution in [1.82, 2.24) is 0 Å². The summed E-state index contributed by atoms with van der Waals surface area (Å²) in [6.45, 7) is 4.59. The average Bonchev–Trinajstić information content (AvgIpc) is 2.80. The zero-order valence-corrected chi connectivity index (χ0v) is 12.4. The van der Waals surface area contributed by atoms with Crippen molar-refractivity contribution in [2.75, 3.05) is 11.4 Å². The Balaban J connectivity index is 1.88. The fraction of sp³-hybridized carbons (Fsp3) is 0.438. The molecule has 1 aromatic carbocycles. The van der Waals surface area contributed by atoms with E-state index in [1.165, 1.54) is 12.1 Å².